The Morgan fingerprint density at radius 3 is 2.44 bits per heavy atom. The van der Waals surface area contributed by atoms with Gasteiger partial charge in [0, 0.05) is 6.08 Å². The quantitative estimate of drug-likeness (QED) is 0.272. The molecule has 0 bridgehead atoms. The highest BCUT2D eigenvalue weighted by Gasteiger charge is 2.16. The molecule has 1 atom stereocenters. The van der Waals surface area contributed by atoms with E-state index in [0.717, 1.165) is 23.5 Å². The molecule has 0 aliphatic carbocycles. The van der Waals surface area contributed by atoms with Crippen molar-refractivity contribution in [1.82, 2.24) is 0 Å². The summed E-state index contributed by atoms with van der Waals surface area (Å²) >= 11 is 0. The maximum Gasteiger partial charge on any atom is 0.330 e. The molecule has 0 amide bonds. The van der Waals surface area contributed by atoms with Gasteiger partial charge in [0.2, 0.25) is 0 Å². The van der Waals surface area contributed by atoms with Crippen LogP contribution in [0.1, 0.15) is 13.3 Å². The maximum absolute atomic E-state index is 10.8. The normalized spacial score (nSPS) is 13.2. The number of likely N-dealkylation sites (N-methyl/N-ethyl adjacent to an activating group) is 1. The van der Waals surface area contributed by atoms with Gasteiger partial charge in [0.25, 0.3) is 0 Å². The second-order valence-corrected chi connectivity index (χ2v) is 4.75. The number of quaternary nitrogens is 1. The molecular formula is C12H24NO3+. The summed E-state index contributed by atoms with van der Waals surface area (Å²) in [7, 11) is 6.39. The average Bonchev–Trinajstić information content (AvgIpc) is 2.20. The number of hydrogen-bond donors (Lipinski definition) is 0. The highest BCUT2D eigenvalue weighted by Crippen LogP contribution is 2.03. The van der Waals surface area contributed by atoms with Gasteiger partial charge in [-0.1, -0.05) is 13.5 Å². The molecule has 4 nitrogen and oxygen atoms in total. The topological polar surface area (TPSA) is 35.5 Å². The van der Waals surface area contributed by atoms with E-state index in [1.54, 1.807) is 0 Å². The third-order valence-electron chi connectivity index (χ3n) is 2.05. The minimum Gasteiger partial charge on any atom is -0.460 e. The van der Waals surface area contributed by atoms with Crippen LogP contribution in [0.5, 0.6) is 0 Å². The maximum atomic E-state index is 10.8. The van der Waals surface area contributed by atoms with Gasteiger partial charge in [-0.05, 0) is 6.42 Å². The molecule has 0 N–H and O–H groups in total. The van der Waals surface area contributed by atoms with Crippen LogP contribution in [0, 0.1) is 0 Å². The molecule has 16 heavy (non-hydrogen) atoms. The molecule has 94 valence electrons. The molecule has 0 radical (unpaired) electrons. The summed E-state index contributed by atoms with van der Waals surface area (Å²) in [6, 6.07) is 0. The number of ether oxygens (including phenoxy) is 2. The minimum atomic E-state index is -0.400. The van der Waals surface area contributed by atoms with Crippen LogP contribution >= 0.6 is 0 Å². The third-order valence-corrected chi connectivity index (χ3v) is 2.05. The van der Waals surface area contributed by atoms with E-state index in [1.165, 1.54) is 0 Å². The minimum absolute atomic E-state index is 0.211. The SMILES string of the molecule is C=CC(=O)OCCOC(CC)C[N+](C)(C)C. The number of esters is 1. The third kappa shape index (κ3) is 8.44. The standard InChI is InChI=1S/C12H24NO3/c1-6-11(10-13(3,4)5)15-8-9-16-12(14)7-2/h7,11H,2,6,8-10H2,1,3-5H3/q+1. The molecule has 0 aromatic carbocycles. The highest BCUT2D eigenvalue weighted by atomic mass is 16.6. The molecule has 0 saturated carbocycles. The first-order valence-electron chi connectivity index (χ1n) is 5.60. The first-order valence-corrected chi connectivity index (χ1v) is 5.60. The van der Waals surface area contributed by atoms with Crippen molar-refractivity contribution in [2.75, 3.05) is 40.9 Å². The summed E-state index contributed by atoms with van der Waals surface area (Å²) in [5.41, 5.74) is 0. The van der Waals surface area contributed by atoms with Gasteiger partial charge in [0.05, 0.1) is 27.7 Å². The molecule has 4 heteroatoms. The van der Waals surface area contributed by atoms with Gasteiger partial charge in [-0.15, -0.1) is 0 Å². The molecule has 0 rings (SSSR count). The van der Waals surface area contributed by atoms with Gasteiger partial charge in [0.1, 0.15) is 19.3 Å². The molecule has 0 spiro atoms. The van der Waals surface area contributed by atoms with E-state index in [1.807, 2.05) is 0 Å². The Balaban J connectivity index is 3.71. The molecule has 0 aliphatic rings. The van der Waals surface area contributed by atoms with Crippen LogP contribution in [-0.2, 0) is 14.3 Å². The Kier molecular flexibility index (Phi) is 7.01. The van der Waals surface area contributed by atoms with Crippen molar-refractivity contribution in [2.45, 2.75) is 19.4 Å². The predicted molar refractivity (Wildman–Crippen MR) is 64.1 cm³/mol. The summed E-state index contributed by atoms with van der Waals surface area (Å²) < 4.78 is 11.3. The van der Waals surface area contributed by atoms with Gasteiger partial charge in [-0.25, -0.2) is 4.79 Å². The Bertz CT molecular complexity index is 221. The van der Waals surface area contributed by atoms with E-state index in [0.29, 0.717) is 13.2 Å². The van der Waals surface area contributed by atoms with Crippen LogP contribution in [0.4, 0.5) is 0 Å². The number of hydrogen-bond acceptors (Lipinski definition) is 3. The van der Waals surface area contributed by atoms with Crippen molar-refractivity contribution in [3.63, 3.8) is 0 Å². The van der Waals surface area contributed by atoms with Crippen LogP contribution < -0.4 is 0 Å². The summed E-state index contributed by atoms with van der Waals surface area (Å²) in [5, 5.41) is 0. The largest absolute Gasteiger partial charge is 0.460 e. The van der Waals surface area contributed by atoms with Crippen molar-refractivity contribution in [2.24, 2.45) is 0 Å². The van der Waals surface area contributed by atoms with Gasteiger partial charge in [0.15, 0.2) is 0 Å². The van der Waals surface area contributed by atoms with E-state index >= 15 is 0 Å². The predicted octanol–water partition coefficient (Wildman–Crippen LogP) is 1.22. The number of nitrogens with zero attached hydrogens (tertiary/aromatic N) is 1. The lowest BCUT2D eigenvalue weighted by atomic mass is 10.2. The molecule has 1 unspecified atom stereocenters. The molecule has 0 aliphatic heterocycles. The van der Waals surface area contributed by atoms with Crippen LogP contribution in [0.3, 0.4) is 0 Å². The zero-order valence-electron chi connectivity index (χ0n) is 10.9. The van der Waals surface area contributed by atoms with Gasteiger partial charge < -0.3 is 14.0 Å². The highest BCUT2D eigenvalue weighted by molar-refractivity contribution is 5.81. The Morgan fingerprint density at radius 1 is 1.38 bits per heavy atom. The summed E-state index contributed by atoms with van der Waals surface area (Å²) in [6.07, 6.45) is 2.33. The zero-order chi connectivity index (χ0) is 12.6. The van der Waals surface area contributed by atoms with Crippen molar-refractivity contribution in [3.8, 4) is 0 Å². The monoisotopic (exact) mass is 230 g/mol. The fraction of sp³-hybridized carbons (Fsp3) is 0.750. The van der Waals surface area contributed by atoms with Crippen molar-refractivity contribution >= 4 is 5.97 Å². The molecule has 0 fully saturated rings. The summed E-state index contributed by atoms with van der Waals surface area (Å²) in [5.74, 6) is -0.400. The molecule has 0 saturated heterocycles. The smallest absolute Gasteiger partial charge is 0.330 e. The fourth-order valence-corrected chi connectivity index (χ4v) is 1.33. The molecule has 0 heterocycles. The van der Waals surface area contributed by atoms with Gasteiger partial charge >= 0.3 is 5.97 Å². The van der Waals surface area contributed by atoms with Crippen molar-refractivity contribution in [1.29, 1.82) is 0 Å². The molecule has 0 aromatic rings. The first-order chi connectivity index (χ1) is 7.39. The zero-order valence-corrected chi connectivity index (χ0v) is 10.9. The van der Waals surface area contributed by atoms with E-state index < -0.39 is 5.97 Å². The average molecular weight is 230 g/mol. The summed E-state index contributed by atoms with van der Waals surface area (Å²) in [6.45, 7) is 7.10. The lowest BCUT2D eigenvalue weighted by Gasteiger charge is -2.28. The van der Waals surface area contributed by atoms with E-state index in [9.17, 15) is 4.79 Å². The lowest BCUT2D eigenvalue weighted by molar-refractivity contribution is -0.873. The van der Waals surface area contributed by atoms with Crippen LogP contribution in [-0.4, -0.2) is 57.5 Å². The number of carbonyl (C=O) groups excluding carboxylic acids is 1. The summed E-state index contributed by atoms with van der Waals surface area (Å²) in [4.78, 5) is 10.8. The van der Waals surface area contributed by atoms with Crippen molar-refractivity contribution in [3.05, 3.63) is 12.7 Å². The van der Waals surface area contributed by atoms with Gasteiger partial charge in [-0.2, -0.15) is 0 Å². The Morgan fingerprint density at radius 2 is 2.00 bits per heavy atom. The second kappa shape index (κ2) is 7.41. The fourth-order valence-electron chi connectivity index (χ4n) is 1.33. The Labute approximate surface area is 98.4 Å². The number of carbonyl (C=O) groups is 1. The van der Waals surface area contributed by atoms with E-state index in [2.05, 4.69) is 34.6 Å². The van der Waals surface area contributed by atoms with Crippen LogP contribution in [0.2, 0.25) is 0 Å². The van der Waals surface area contributed by atoms with Crippen LogP contribution in [0.15, 0.2) is 12.7 Å². The van der Waals surface area contributed by atoms with Gasteiger partial charge in [-0.3, -0.25) is 0 Å². The lowest BCUT2D eigenvalue weighted by Crippen LogP contribution is -2.42. The number of rotatable bonds is 8. The molecule has 0 aromatic heterocycles. The van der Waals surface area contributed by atoms with E-state index in [4.69, 9.17) is 9.47 Å². The Hall–Kier alpha value is -0.870. The second-order valence-electron chi connectivity index (χ2n) is 4.75. The van der Waals surface area contributed by atoms with Crippen molar-refractivity contribution < 1.29 is 18.8 Å². The van der Waals surface area contributed by atoms with Crippen LogP contribution in [0.25, 0.3) is 0 Å². The first kappa shape index (κ1) is 15.1. The molecular weight excluding hydrogens is 206 g/mol. The van der Waals surface area contributed by atoms with E-state index in [-0.39, 0.29) is 6.10 Å².